The van der Waals surface area contributed by atoms with Gasteiger partial charge in [-0.1, -0.05) is 48.5 Å². The van der Waals surface area contributed by atoms with E-state index >= 15 is 0 Å². The van der Waals surface area contributed by atoms with Gasteiger partial charge in [0.15, 0.2) is 5.60 Å². The molecule has 1 saturated heterocycles. The fourth-order valence-corrected chi connectivity index (χ4v) is 4.68. The van der Waals surface area contributed by atoms with Gasteiger partial charge in [0.05, 0.1) is 6.54 Å². The molecule has 3 aromatic rings. The smallest absolute Gasteiger partial charge is 0.412 e. The van der Waals surface area contributed by atoms with Crippen LogP contribution >= 0.6 is 0 Å². The van der Waals surface area contributed by atoms with Crippen LogP contribution in [0.3, 0.4) is 0 Å². The first-order valence-corrected chi connectivity index (χ1v) is 11.0. The Balaban J connectivity index is 1.25. The second-order valence-corrected chi connectivity index (χ2v) is 8.39. The summed E-state index contributed by atoms with van der Waals surface area (Å²) in [6.07, 6.45) is -0.708. The minimum Gasteiger partial charge on any atom is -0.479 e. The molecule has 180 valence electrons. The molecule has 0 spiro atoms. The molecule has 11 nitrogen and oxygen atoms in total. The number of nitrogens with zero attached hydrogens (tertiary/aromatic N) is 3. The van der Waals surface area contributed by atoms with Crippen molar-refractivity contribution in [3.8, 4) is 11.1 Å². The highest BCUT2D eigenvalue weighted by Gasteiger charge is 2.47. The molecule has 5 rings (SSSR count). The molecule has 1 unspecified atom stereocenters. The summed E-state index contributed by atoms with van der Waals surface area (Å²) in [7, 11) is 1.28. The monoisotopic (exact) mass is 478 g/mol. The second-order valence-electron chi connectivity index (χ2n) is 8.39. The van der Waals surface area contributed by atoms with Crippen molar-refractivity contribution in [1.29, 1.82) is 0 Å². The summed E-state index contributed by atoms with van der Waals surface area (Å²) in [5.74, 6) is -2.14. The van der Waals surface area contributed by atoms with Crippen LogP contribution in [0.1, 0.15) is 34.0 Å². The maximum atomic E-state index is 12.9. The van der Waals surface area contributed by atoms with Crippen LogP contribution in [-0.2, 0) is 14.3 Å². The third-order valence-corrected chi connectivity index (χ3v) is 6.55. The number of carbonyl (C=O) groups excluding carboxylic acids is 2. The summed E-state index contributed by atoms with van der Waals surface area (Å²) >= 11 is 0. The van der Waals surface area contributed by atoms with E-state index in [-0.39, 0.29) is 43.5 Å². The number of benzene rings is 2. The molecule has 1 aliphatic heterocycles. The van der Waals surface area contributed by atoms with Crippen molar-refractivity contribution >= 4 is 23.8 Å². The average Bonchev–Trinajstić information content (AvgIpc) is 3.59. The van der Waals surface area contributed by atoms with Gasteiger partial charge in [-0.2, -0.15) is 0 Å². The Hall–Kier alpha value is -4.25. The number of carboxylic acid groups (broad SMARTS) is 1. The molecule has 2 amide bonds. The summed E-state index contributed by atoms with van der Waals surface area (Å²) < 4.78 is 15.3. The lowest BCUT2D eigenvalue weighted by molar-refractivity contribution is -0.160. The van der Waals surface area contributed by atoms with Crippen molar-refractivity contribution in [3.63, 3.8) is 0 Å². The molecule has 2 heterocycles. The molecule has 1 aromatic heterocycles. The van der Waals surface area contributed by atoms with E-state index in [4.69, 9.17) is 9.47 Å². The summed E-state index contributed by atoms with van der Waals surface area (Å²) in [5.41, 5.74) is 2.59. The van der Waals surface area contributed by atoms with Gasteiger partial charge in [-0.25, -0.2) is 14.2 Å². The van der Waals surface area contributed by atoms with Gasteiger partial charge in [-0.15, -0.1) is 0 Å². The maximum Gasteiger partial charge on any atom is 0.412 e. The lowest BCUT2D eigenvalue weighted by atomic mass is 9.98. The molecule has 0 saturated carbocycles. The number of hydrogen-bond acceptors (Lipinski definition) is 8. The van der Waals surface area contributed by atoms with Crippen molar-refractivity contribution in [2.24, 2.45) is 0 Å². The van der Waals surface area contributed by atoms with Crippen molar-refractivity contribution in [2.75, 3.05) is 32.1 Å². The Morgan fingerprint density at radius 3 is 2.37 bits per heavy atom. The molecule has 1 aliphatic carbocycles. The van der Waals surface area contributed by atoms with Crippen molar-refractivity contribution in [2.45, 2.75) is 17.9 Å². The van der Waals surface area contributed by atoms with Crippen molar-refractivity contribution in [3.05, 3.63) is 65.4 Å². The van der Waals surface area contributed by atoms with Crippen LogP contribution in [0.15, 0.2) is 53.2 Å². The standard InChI is InChI=1S/C24H22N4O7/c1-33-24(22(30)31)10-11-28(13-24)21(29)19-20(27-35-26-19)25-23(32)34-12-18-16-8-4-2-6-14(16)15-7-3-5-9-17(15)18/h2-9,18H,10-13H2,1H3,(H,30,31)(H,25,27,32). The van der Waals surface area contributed by atoms with E-state index in [9.17, 15) is 19.5 Å². The van der Waals surface area contributed by atoms with E-state index < -0.39 is 23.6 Å². The molecular formula is C24H22N4O7. The van der Waals surface area contributed by atoms with E-state index in [1.165, 1.54) is 12.0 Å². The highest BCUT2D eigenvalue weighted by molar-refractivity contribution is 6.00. The second kappa shape index (κ2) is 8.84. The van der Waals surface area contributed by atoms with Gasteiger partial charge in [0, 0.05) is 26.0 Å². The first-order chi connectivity index (χ1) is 16.9. The van der Waals surface area contributed by atoms with E-state index in [0.29, 0.717) is 0 Å². The normalized spacial score (nSPS) is 18.7. The Morgan fingerprint density at radius 1 is 1.11 bits per heavy atom. The topological polar surface area (TPSA) is 144 Å². The SMILES string of the molecule is COC1(C(=O)O)CCN(C(=O)c2nonc2NC(=O)OCC2c3ccccc3-c3ccccc32)C1. The van der Waals surface area contributed by atoms with E-state index in [1.54, 1.807) is 0 Å². The van der Waals surface area contributed by atoms with Crippen molar-refractivity contribution < 1.29 is 33.6 Å². The number of aromatic nitrogens is 2. The number of likely N-dealkylation sites (tertiary alicyclic amines) is 1. The minimum atomic E-state index is -1.49. The predicted molar refractivity (Wildman–Crippen MR) is 121 cm³/mol. The largest absolute Gasteiger partial charge is 0.479 e. The van der Waals surface area contributed by atoms with Gasteiger partial charge < -0.3 is 19.5 Å². The van der Waals surface area contributed by atoms with Gasteiger partial charge in [-0.05, 0) is 32.6 Å². The number of fused-ring (bicyclic) bond motifs is 3. The summed E-state index contributed by atoms with van der Waals surface area (Å²) in [5, 5.41) is 19.0. The number of carboxylic acids is 1. The number of methoxy groups -OCH3 is 1. The number of aliphatic carboxylic acids is 1. The fraction of sp³-hybridized carbons (Fsp3) is 0.292. The zero-order valence-electron chi connectivity index (χ0n) is 18.8. The maximum absolute atomic E-state index is 12.9. The molecule has 1 fully saturated rings. The summed E-state index contributed by atoms with van der Waals surface area (Å²) in [6, 6.07) is 15.9. The predicted octanol–water partition coefficient (Wildman–Crippen LogP) is 2.75. The molecule has 35 heavy (non-hydrogen) atoms. The molecule has 2 aliphatic rings. The number of hydrogen-bond donors (Lipinski definition) is 2. The molecule has 2 aromatic carbocycles. The number of rotatable bonds is 6. The third kappa shape index (κ3) is 3.89. The van der Waals surface area contributed by atoms with Crippen LogP contribution < -0.4 is 5.32 Å². The van der Waals surface area contributed by atoms with Crippen LogP contribution in [-0.4, -0.2) is 70.7 Å². The van der Waals surface area contributed by atoms with Gasteiger partial charge in [0.25, 0.3) is 5.91 Å². The van der Waals surface area contributed by atoms with Crippen LogP contribution in [0.4, 0.5) is 10.6 Å². The lowest BCUT2D eigenvalue weighted by Gasteiger charge is -2.22. The van der Waals surface area contributed by atoms with Crippen LogP contribution in [0.25, 0.3) is 11.1 Å². The number of nitrogens with one attached hydrogen (secondary N) is 1. The van der Waals surface area contributed by atoms with E-state index in [0.717, 1.165) is 22.3 Å². The molecule has 11 heteroatoms. The van der Waals surface area contributed by atoms with Crippen LogP contribution in [0.5, 0.6) is 0 Å². The lowest BCUT2D eigenvalue weighted by Crippen LogP contribution is -2.44. The van der Waals surface area contributed by atoms with Gasteiger partial charge in [0.2, 0.25) is 11.5 Å². The number of carbonyl (C=O) groups is 3. The van der Waals surface area contributed by atoms with Crippen molar-refractivity contribution in [1.82, 2.24) is 15.2 Å². The summed E-state index contributed by atoms with van der Waals surface area (Å²) in [6.45, 7) is 0.0423. The first-order valence-electron chi connectivity index (χ1n) is 11.0. The number of ether oxygens (including phenoxy) is 2. The zero-order chi connectivity index (χ0) is 24.6. The number of anilines is 1. The number of amides is 2. The fourth-order valence-electron chi connectivity index (χ4n) is 4.68. The van der Waals surface area contributed by atoms with Gasteiger partial charge >= 0.3 is 12.1 Å². The van der Waals surface area contributed by atoms with E-state index in [1.807, 2.05) is 48.5 Å². The third-order valence-electron chi connectivity index (χ3n) is 6.55. The zero-order valence-corrected chi connectivity index (χ0v) is 18.8. The molecule has 1 atom stereocenters. The molecule has 0 radical (unpaired) electrons. The summed E-state index contributed by atoms with van der Waals surface area (Å²) in [4.78, 5) is 38.3. The molecule has 2 N–H and O–H groups in total. The Kier molecular flexibility index (Phi) is 5.69. The minimum absolute atomic E-state index is 0.0789. The quantitative estimate of drug-likeness (QED) is 0.546. The van der Waals surface area contributed by atoms with Gasteiger partial charge in [0.1, 0.15) is 6.61 Å². The first kappa shape index (κ1) is 22.5. The van der Waals surface area contributed by atoms with Crippen LogP contribution in [0, 0.1) is 0 Å². The Labute approximate surface area is 199 Å². The van der Waals surface area contributed by atoms with Crippen LogP contribution in [0.2, 0.25) is 0 Å². The average molecular weight is 478 g/mol. The van der Waals surface area contributed by atoms with E-state index in [2.05, 4.69) is 20.3 Å². The highest BCUT2D eigenvalue weighted by Crippen LogP contribution is 2.44. The Bertz CT molecular complexity index is 1260. The van der Waals surface area contributed by atoms with Gasteiger partial charge in [-0.3, -0.25) is 10.1 Å². The Morgan fingerprint density at radius 2 is 1.77 bits per heavy atom. The molecular weight excluding hydrogens is 456 g/mol. The molecule has 0 bridgehead atoms. The highest BCUT2D eigenvalue weighted by atomic mass is 16.6.